The molecule has 7 heteroatoms. The molecule has 1 aliphatic heterocycles. The van der Waals surface area contributed by atoms with Crippen molar-refractivity contribution < 1.29 is 17.9 Å². The predicted molar refractivity (Wildman–Crippen MR) is 105 cm³/mol. The third-order valence-corrected chi connectivity index (χ3v) is 6.56. The van der Waals surface area contributed by atoms with Crippen LogP contribution in [-0.4, -0.2) is 44.9 Å². The minimum atomic E-state index is -3.64. The monoisotopic (exact) mass is 388 g/mol. The number of hydrogen-bond donors (Lipinski definition) is 1. The Morgan fingerprint density at radius 1 is 1.15 bits per heavy atom. The van der Waals surface area contributed by atoms with E-state index in [1.807, 2.05) is 25.1 Å². The topological polar surface area (TPSA) is 75.7 Å². The van der Waals surface area contributed by atoms with Crippen LogP contribution in [0.5, 0.6) is 0 Å². The van der Waals surface area contributed by atoms with Crippen molar-refractivity contribution in [1.29, 1.82) is 0 Å². The Labute approximate surface area is 160 Å². The van der Waals surface area contributed by atoms with Crippen molar-refractivity contribution in [3.05, 3.63) is 59.2 Å². The summed E-state index contributed by atoms with van der Waals surface area (Å²) in [4.78, 5) is 12.8. The SMILES string of the molecule is CCc1ccc(C)c(NC(=O)c2cccc(S(=O)(=O)N3CCOCC3)c2)c1. The lowest BCUT2D eigenvalue weighted by molar-refractivity contribution is 0.0730. The summed E-state index contributed by atoms with van der Waals surface area (Å²) in [6, 6.07) is 12.1. The summed E-state index contributed by atoms with van der Waals surface area (Å²) in [5, 5.41) is 2.89. The van der Waals surface area contributed by atoms with Gasteiger partial charge in [-0.05, 0) is 48.7 Å². The first-order chi connectivity index (χ1) is 12.9. The molecule has 27 heavy (non-hydrogen) atoms. The van der Waals surface area contributed by atoms with Crippen molar-refractivity contribution in [2.45, 2.75) is 25.2 Å². The van der Waals surface area contributed by atoms with Crippen LogP contribution in [-0.2, 0) is 21.2 Å². The van der Waals surface area contributed by atoms with Crippen LogP contribution in [0.2, 0.25) is 0 Å². The van der Waals surface area contributed by atoms with Gasteiger partial charge in [-0.3, -0.25) is 4.79 Å². The highest BCUT2D eigenvalue weighted by Gasteiger charge is 2.26. The average Bonchev–Trinajstić information content (AvgIpc) is 2.70. The Hall–Kier alpha value is -2.22. The van der Waals surface area contributed by atoms with Crippen molar-refractivity contribution in [3.63, 3.8) is 0 Å². The summed E-state index contributed by atoms with van der Waals surface area (Å²) in [6.45, 7) is 5.38. The summed E-state index contributed by atoms with van der Waals surface area (Å²) >= 11 is 0. The molecular weight excluding hydrogens is 364 g/mol. The molecule has 0 aliphatic carbocycles. The van der Waals surface area contributed by atoms with Crippen molar-refractivity contribution in [2.75, 3.05) is 31.6 Å². The number of aryl methyl sites for hydroxylation is 2. The molecule has 0 saturated carbocycles. The van der Waals surface area contributed by atoms with E-state index in [1.54, 1.807) is 12.1 Å². The molecule has 6 nitrogen and oxygen atoms in total. The number of rotatable bonds is 5. The number of benzene rings is 2. The molecule has 1 N–H and O–H groups in total. The highest BCUT2D eigenvalue weighted by atomic mass is 32.2. The zero-order valence-electron chi connectivity index (χ0n) is 15.6. The number of nitrogens with one attached hydrogen (secondary N) is 1. The van der Waals surface area contributed by atoms with E-state index in [1.165, 1.54) is 16.4 Å². The Kier molecular flexibility index (Phi) is 5.94. The molecule has 3 rings (SSSR count). The largest absolute Gasteiger partial charge is 0.379 e. The van der Waals surface area contributed by atoms with E-state index < -0.39 is 10.0 Å². The van der Waals surface area contributed by atoms with Gasteiger partial charge in [-0.1, -0.05) is 25.1 Å². The van der Waals surface area contributed by atoms with Crippen molar-refractivity contribution in [2.24, 2.45) is 0 Å². The quantitative estimate of drug-likeness (QED) is 0.855. The van der Waals surface area contributed by atoms with Crippen molar-refractivity contribution >= 4 is 21.6 Å². The number of nitrogens with zero attached hydrogens (tertiary/aromatic N) is 1. The molecule has 1 aliphatic rings. The minimum Gasteiger partial charge on any atom is -0.379 e. The van der Waals surface area contributed by atoms with Crippen LogP contribution >= 0.6 is 0 Å². The maximum absolute atomic E-state index is 12.8. The Morgan fingerprint density at radius 2 is 1.89 bits per heavy atom. The number of anilines is 1. The molecular formula is C20H24N2O4S. The average molecular weight is 388 g/mol. The molecule has 0 unspecified atom stereocenters. The Morgan fingerprint density at radius 3 is 2.59 bits per heavy atom. The molecule has 0 spiro atoms. The second-order valence-electron chi connectivity index (χ2n) is 6.50. The van der Waals surface area contributed by atoms with Gasteiger partial charge in [0.05, 0.1) is 18.1 Å². The standard InChI is InChI=1S/C20H24N2O4S/c1-3-16-8-7-15(2)19(13-16)21-20(23)17-5-4-6-18(14-17)27(24,25)22-9-11-26-12-10-22/h4-8,13-14H,3,9-12H2,1-2H3,(H,21,23). The van der Waals surface area contributed by atoms with E-state index in [2.05, 4.69) is 12.2 Å². The first-order valence-electron chi connectivity index (χ1n) is 9.00. The highest BCUT2D eigenvalue weighted by Crippen LogP contribution is 2.21. The Bertz CT molecular complexity index is 935. The second-order valence-corrected chi connectivity index (χ2v) is 8.44. The first-order valence-corrected chi connectivity index (χ1v) is 10.4. The zero-order chi connectivity index (χ0) is 19.4. The molecule has 144 valence electrons. The van der Waals surface area contributed by atoms with Gasteiger partial charge in [0, 0.05) is 24.3 Å². The van der Waals surface area contributed by atoms with Gasteiger partial charge in [-0.2, -0.15) is 4.31 Å². The fourth-order valence-electron chi connectivity index (χ4n) is 2.95. The lowest BCUT2D eigenvalue weighted by Crippen LogP contribution is -2.40. The van der Waals surface area contributed by atoms with E-state index in [4.69, 9.17) is 4.74 Å². The first kappa shape index (κ1) is 19.5. The van der Waals surface area contributed by atoms with Gasteiger partial charge in [-0.15, -0.1) is 0 Å². The van der Waals surface area contributed by atoms with Crippen LogP contribution in [0.4, 0.5) is 5.69 Å². The molecule has 2 aromatic rings. The summed E-state index contributed by atoms with van der Waals surface area (Å²) < 4.78 is 32.2. The van der Waals surface area contributed by atoms with Crippen LogP contribution < -0.4 is 5.32 Å². The van der Waals surface area contributed by atoms with Crippen LogP contribution in [0.25, 0.3) is 0 Å². The Balaban J connectivity index is 1.84. The molecule has 1 fully saturated rings. The second kappa shape index (κ2) is 8.21. The number of ether oxygens (including phenoxy) is 1. The molecule has 1 saturated heterocycles. The maximum Gasteiger partial charge on any atom is 0.255 e. The van der Waals surface area contributed by atoms with Gasteiger partial charge in [-0.25, -0.2) is 8.42 Å². The predicted octanol–water partition coefficient (Wildman–Crippen LogP) is 2.83. The van der Waals surface area contributed by atoms with Gasteiger partial charge >= 0.3 is 0 Å². The van der Waals surface area contributed by atoms with Gasteiger partial charge in [0.1, 0.15) is 0 Å². The number of amides is 1. The summed E-state index contributed by atoms with van der Waals surface area (Å²) in [7, 11) is -3.64. The van der Waals surface area contributed by atoms with E-state index in [9.17, 15) is 13.2 Å². The molecule has 0 radical (unpaired) electrons. The summed E-state index contributed by atoms with van der Waals surface area (Å²) in [6.07, 6.45) is 0.871. The number of sulfonamides is 1. The zero-order valence-corrected chi connectivity index (χ0v) is 16.4. The number of morpholine rings is 1. The number of carbonyl (C=O) groups is 1. The number of carbonyl (C=O) groups excluding carboxylic acids is 1. The molecule has 1 heterocycles. The van der Waals surface area contributed by atoms with Crippen LogP contribution in [0, 0.1) is 6.92 Å². The van der Waals surface area contributed by atoms with E-state index >= 15 is 0 Å². The normalized spacial score (nSPS) is 15.5. The van der Waals surface area contributed by atoms with Crippen LogP contribution in [0.15, 0.2) is 47.4 Å². The van der Waals surface area contributed by atoms with Gasteiger partial charge in [0.2, 0.25) is 10.0 Å². The highest BCUT2D eigenvalue weighted by molar-refractivity contribution is 7.89. The maximum atomic E-state index is 12.8. The molecule has 1 amide bonds. The molecule has 0 bridgehead atoms. The number of hydrogen-bond acceptors (Lipinski definition) is 4. The summed E-state index contributed by atoms with van der Waals surface area (Å²) in [5.41, 5.74) is 3.13. The molecule has 0 aromatic heterocycles. The fraction of sp³-hybridized carbons (Fsp3) is 0.350. The smallest absolute Gasteiger partial charge is 0.255 e. The third kappa shape index (κ3) is 4.37. The van der Waals surface area contributed by atoms with Crippen molar-refractivity contribution in [1.82, 2.24) is 4.31 Å². The lowest BCUT2D eigenvalue weighted by atomic mass is 10.1. The minimum absolute atomic E-state index is 0.121. The molecule has 2 aromatic carbocycles. The molecule has 0 atom stereocenters. The van der Waals surface area contributed by atoms with Crippen molar-refractivity contribution in [3.8, 4) is 0 Å². The van der Waals surface area contributed by atoms with Gasteiger partial charge in [0.25, 0.3) is 5.91 Å². The van der Waals surface area contributed by atoms with Gasteiger partial charge in [0.15, 0.2) is 0 Å². The lowest BCUT2D eigenvalue weighted by Gasteiger charge is -2.26. The van der Waals surface area contributed by atoms with Gasteiger partial charge < -0.3 is 10.1 Å². The van der Waals surface area contributed by atoms with Crippen LogP contribution in [0.3, 0.4) is 0 Å². The summed E-state index contributed by atoms with van der Waals surface area (Å²) in [5.74, 6) is -0.328. The van der Waals surface area contributed by atoms with E-state index in [0.29, 0.717) is 31.9 Å². The van der Waals surface area contributed by atoms with E-state index in [-0.39, 0.29) is 10.8 Å². The van der Waals surface area contributed by atoms with Crippen LogP contribution in [0.1, 0.15) is 28.4 Å². The van der Waals surface area contributed by atoms with E-state index in [0.717, 1.165) is 23.2 Å². The fourth-order valence-corrected chi connectivity index (χ4v) is 4.41. The third-order valence-electron chi connectivity index (χ3n) is 4.66.